The standard InChI is InChI=1S/C33H61N9O5S/c1-6-29(48)47-32(46)28(16-22(4)5)42-31(45)27(15-21(2)3)41-30(44)26(10-8-14-38-33(35)36)39-18-23(9-7-13-34)17-25(43)12-11-24-19-37-20-40-24/h19-23,26-29,39,48H,6-18,34H2,1-5H3,(H,37,40)(H,41,44)(H,42,45)(H4,35,36,38). The Hall–Kier alpha value is -3.17. The molecule has 0 spiro atoms. The van der Waals surface area contributed by atoms with Gasteiger partial charge >= 0.3 is 5.97 Å². The zero-order valence-electron chi connectivity index (χ0n) is 29.5. The first-order valence-electron chi connectivity index (χ1n) is 17.2. The van der Waals surface area contributed by atoms with E-state index in [-0.39, 0.29) is 35.4 Å². The van der Waals surface area contributed by atoms with E-state index in [1.807, 2.05) is 34.6 Å². The molecule has 5 atom stereocenters. The SMILES string of the molecule is CCC(S)OC(=O)C(CC(C)C)NC(=O)C(CC(C)C)NC(=O)C(CCCN=C(N)N)NCC(CCCN)CC(=O)CCc1cnc[nH]1. The third-order valence-corrected chi connectivity index (χ3v) is 8.20. The molecule has 15 heteroatoms. The number of guanidine groups is 1. The second-order valence-corrected chi connectivity index (χ2v) is 13.8. The Labute approximate surface area is 291 Å². The highest BCUT2D eigenvalue weighted by Gasteiger charge is 2.31. The third-order valence-electron chi connectivity index (χ3n) is 7.73. The highest BCUT2D eigenvalue weighted by molar-refractivity contribution is 7.80. The number of esters is 1. The normalized spacial score (nSPS) is 14.5. The number of aliphatic imine (C=N–C) groups is 1. The molecule has 0 fully saturated rings. The first kappa shape index (κ1) is 42.9. The zero-order valence-corrected chi connectivity index (χ0v) is 30.4. The van der Waals surface area contributed by atoms with Gasteiger partial charge in [0.25, 0.3) is 0 Å². The number of nitrogens with one attached hydrogen (secondary N) is 4. The average Bonchev–Trinajstić information content (AvgIpc) is 3.54. The summed E-state index contributed by atoms with van der Waals surface area (Å²) in [6, 6.07) is -2.46. The van der Waals surface area contributed by atoms with E-state index in [1.54, 1.807) is 12.5 Å². The van der Waals surface area contributed by atoms with Gasteiger partial charge in [0.1, 0.15) is 23.3 Å². The van der Waals surface area contributed by atoms with E-state index >= 15 is 0 Å². The van der Waals surface area contributed by atoms with Gasteiger partial charge in [-0.1, -0.05) is 34.6 Å². The van der Waals surface area contributed by atoms with E-state index in [1.165, 1.54) is 0 Å². The number of hydrogen-bond acceptors (Lipinski definition) is 10. The monoisotopic (exact) mass is 695 g/mol. The van der Waals surface area contributed by atoms with Gasteiger partial charge in [-0.05, 0) is 82.2 Å². The van der Waals surface area contributed by atoms with Crippen LogP contribution in [0, 0.1) is 17.8 Å². The number of rotatable bonds is 26. The number of ketones is 1. The Bertz CT molecular complexity index is 1110. The Morgan fingerprint density at radius 1 is 0.979 bits per heavy atom. The van der Waals surface area contributed by atoms with Crippen molar-refractivity contribution in [3.63, 3.8) is 0 Å². The van der Waals surface area contributed by atoms with Crippen molar-refractivity contribution in [2.45, 2.75) is 122 Å². The van der Waals surface area contributed by atoms with E-state index in [4.69, 9.17) is 21.9 Å². The van der Waals surface area contributed by atoms with Crippen LogP contribution in [0.1, 0.15) is 98.1 Å². The number of H-pyrrole nitrogens is 1. The predicted octanol–water partition coefficient (Wildman–Crippen LogP) is 1.94. The van der Waals surface area contributed by atoms with Crippen molar-refractivity contribution in [2.75, 3.05) is 19.6 Å². The molecule has 274 valence electrons. The molecule has 1 aromatic heterocycles. The maximum absolute atomic E-state index is 13.8. The smallest absolute Gasteiger partial charge is 0.329 e. The summed E-state index contributed by atoms with van der Waals surface area (Å²) < 4.78 is 5.41. The molecule has 0 saturated carbocycles. The van der Waals surface area contributed by atoms with Gasteiger partial charge in [-0.25, -0.2) is 9.78 Å². The number of amides is 2. The van der Waals surface area contributed by atoms with E-state index in [0.717, 1.165) is 18.5 Å². The highest BCUT2D eigenvalue weighted by atomic mass is 32.1. The molecule has 2 amide bonds. The molecule has 0 aliphatic rings. The van der Waals surface area contributed by atoms with Crippen LogP contribution in [-0.2, 0) is 30.3 Å². The van der Waals surface area contributed by atoms with Crippen molar-refractivity contribution < 1.29 is 23.9 Å². The second kappa shape index (κ2) is 24.0. The summed E-state index contributed by atoms with van der Waals surface area (Å²) in [6.07, 6.45) is 8.21. The first-order valence-corrected chi connectivity index (χ1v) is 17.7. The summed E-state index contributed by atoms with van der Waals surface area (Å²) in [4.78, 5) is 64.2. The second-order valence-electron chi connectivity index (χ2n) is 13.2. The van der Waals surface area contributed by atoms with Crippen LogP contribution in [0.2, 0.25) is 0 Å². The lowest BCUT2D eigenvalue weighted by Gasteiger charge is -2.27. The lowest BCUT2D eigenvalue weighted by molar-refractivity contribution is -0.150. The molecule has 5 unspecified atom stereocenters. The maximum Gasteiger partial charge on any atom is 0.329 e. The third kappa shape index (κ3) is 19.0. The zero-order chi connectivity index (χ0) is 36.1. The number of aromatic nitrogens is 2. The average molecular weight is 696 g/mol. The maximum atomic E-state index is 13.8. The number of aryl methyl sites for hydroxylation is 1. The van der Waals surface area contributed by atoms with Crippen LogP contribution in [0.3, 0.4) is 0 Å². The lowest BCUT2D eigenvalue weighted by atomic mass is 9.94. The molecule has 0 bridgehead atoms. The molecule has 14 nitrogen and oxygen atoms in total. The van der Waals surface area contributed by atoms with Crippen molar-refractivity contribution in [3.05, 3.63) is 18.2 Å². The minimum atomic E-state index is -0.892. The Balaban J connectivity index is 3.08. The minimum Gasteiger partial charge on any atom is -0.450 e. The van der Waals surface area contributed by atoms with E-state index in [2.05, 4.69) is 43.5 Å². The largest absolute Gasteiger partial charge is 0.450 e. The first-order chi connectivity index (χ1) is 22.7. The van der Waals surface area contributed by atoms with Gasteiger partial charge in [0, 0.05) is 31.3 Å². The van der Waals surface area contributed by atoms with Crippen LogP contribution in [0.5, 0.6) is 0 Å². The van der Waals surface area contributed by atoms with Gasteiger partial charge in [-0.15, -0.1) is 12.6 Å². The number of imidazole rings is 1. The molecule has 1 aromatic rings. The Morgan fingerprint density at radius 2 is 1.62 bits per heavy atom. The molecule has 10 N–H and O–H groups in total. The number of carbonyl (C=O) groups is 4. The van der Waals surface area contributed by atoms with Crippen LogP contribution in [0.15, 0.2) is 17.5 Å². The van der Waals surface area contributed by atoms with Gasteiger partial charge in [0.05, 0.1) is 12.4 Å². The molecule has 48 heavy (non-hydrogen) atoms. The van der Waals surface area contributed by atoms with Crippen LogP contribution in [0.25, 0.3) is 0 Å². The Morgan fingerprint density at radius 3 is 2.21 bits per heavy atom. The summed E-state index contributed by atoms with van der Waals surface area (Å²) in [5, 5.41) is 9.11. The number of nitrogens with zero attached hydrogens (tertiary/aromatic N) is 2. The van der Waals surface area contributed by atoms with Gasteiger partial charge in [-0.3, -0.25) is 19.4 Å². The van der Waals surface area contributed by atoms with Crippen molar-refractivity contribution in [1.82, 2.24) is 25.9 Å². The van der Waals surface area contributed by atoms with E-state index < -0.39 is 35.4 Å². The lowest BCUT2D eigenvalue weighted by Crippen LogP contribution is -2.56. The summed E-state index contributed by atoms with van der Waals surface area (Å²) >= 11 is 4.27. The molecule has 1 rings (SSSR count). The number of hydrogen-bond donors (Lipinski definition) is 8. The fourth-order valence-electron chi connectivity index (χ4n) is 5.17. The molecule has 1 heterocycles. The fourth-order valence-corrected chi connectivity index (χ4v) is 5.28. The van der Waals surface area contributed by atoms with Crippen LogP contribution in [0.4, 0.5) is 0 Å². The number of aromatic amines is 1. The summed E-state index contributed by atoms with van der Waals surface area (Å²) in [7, 11) is 0. The minimum absolute atomic E-state index is 0.0350. The Kier molecular flexibility index (Phi) is 21.5. The molecule has 0 aromatic carbocycles. The summed E-state index contributed by atoms with van der Waals surface area (Å²) in [6.45, 7) is 10.9. The van der Waals surface area contributed by atoms with Crippen molar-refractivity contribution >= 4 is 42.2 Å². The predicted molar refractivity (Wildman–Crippen MR) is 192 cm³/mol. The molecule has 0 saturated heterocycles. The van der Waals surface area contributed by atoms with E-state index in [0.29, 0.717) is 71.0 Å². The molecule has 0 radical (unpaired) electrons. The number of nitrogens with two attached hydrogens (primary N) is 3. The van der Waals surface area contributed by atoms with Crippen LogP contribution in [-0.4, -0.2) is 82.7 Å². The fraction of sp³-hybridized carbons (Fsp3) is 0.758. The van der Waals surface area contributed by atoms with Gasteiger partial charge < -0.3 is 42.9 Å². The van der Waals surface area contributed by atoms with Crippen LogP contribution >= 0.6 is 12.6 Å². The molecule has 0 aliphatic carbocycles. The van der Waals surface area contributed by atoms with Crippen molar-refractivity contribution in [3.8, 4) is 0 Å². The van der Waals surface area contributed by atoms with Gasteiger partial charge in [-0.2, -0.15) is 0 Å². The summed E-state index contributed by atoms with van der Waals surface area (Å²) in [5.74, 6) is -1.17. The number of thiol groups is 1. The van der Waals surface area contributed by atoms with Gasteiger partial charge in [0.15, 0.2) is 5.96 Å². The van der Waals surface area contributed by atoms with Gasteiger partial charge in [0.2, 0.25) is 11.8 Å². The molecule has 0 aliphatic heterocycles. The van der Waals surface area contributed by atoms with Crippen molar-refractivity contribution in [2.24, 2.45) is 39.9 Å². The molecular weight excluding hydrogens is 634 g/mol. The van der Waals surface area contributed by atoms with E-state index in [9.17, 15) is 19.2 Å². The van der Waals surface area contributed by atoms with Crippen LogP contribution < -0.4 is 33.2 Å². The number of Topliss-reactive ketones (excluding diaryl/α,β-unsaturated/α-hetero) is 1. The number of ether oxygens (including phenoxy) is 1. The quantitative estimate of drug-likeness (QED) is 0.0175. The summed E-state index contributed by atoms with van der Waals surface area (Å²) in [5.41, 5.74) is 17.1. The highest BCUT2D eigenvalue weighted by Crippen LogP contribution is 2.16. The molecular formula is C33H61N9O5S. The topological polar surface area (TPSA) is 233 Å². The van der Waals surface area contributed by atoms with Crippen molar-refractivity contribution in [1.29, 1.82) is 0 Å². The number of carbonyl (C=O) groups excluding carboxylic acids is 4.